The van der Waals surface area contributed by atoms with E-state index in [1.807, 2.05) is 6.92 Å². The lowest BCUT2D eigenvalue weighted by molar-refractivity contribution is 0.0186. The minimum Gasteiger partial charge on any atom is -0.436 e. The molecule has 3 atom stereocenters. The Morgan fingerprint density at radius 1 is 1.25 bits per heavy atom. The fraction of sp³-hybridized carbons (Fsp3) is 0.750. The lowest BCUT2D eigenvalue weighted by Crippen LogP contribution is -2.53. The van der Waals surface area contributed by atoms with Crippen LogP contribution in [0.2, 0.25) is 0 Å². The van der Waals surface area contributed by atoms with E-state index in [1.54, 1.807) is 6.92 Å². The van der Waals surface area contributed by atoms with Gasteiger partial charge in [-0.15, -0.1) is 0 Å². The van der Waals surface area contributed by atoms with Crippen LogP contribution in [0, 0.1) is 25.7 Å². The number of piperidine rings is 1. The molecule has 1 aliphatic carbocycles. The third-order valence-corrected chi connectivity index (χ3v) is 4.99. The van der Waals surface area contributed by atoms with Crippen LogP contribution >= 0.6 is 0 Å². The Balaban J connectivity index is 1.87. The van der Waals surface area contributed by atoms with Gasteiger partial charge in [-0.2, -0.15) is 0 Å². The molecule has 20 heavy (non-hydrogen) atoms. The summed E-state index contributed by atoms with van der Waals surface area (Å²) in [6, 6.07) is 0.398. The maximum absolute atomic E-state index is 12.8. The maximum atomic E-state index is 12.8. The largest absolute Gasteiger partial charge is 0.436 e. The molecule has 0 aromatic carbocycles. The van der Waals surface area contributed by atoms with Gasteiger partial charge in [0, 0.05) is 19.5 Å². The van der Waals surface area contributed by atoms with E-state index in [9.17, 15) is 4.79 Å². The van der Waals surface area contributed by atoms with Gasteiger partial charge in [0.2, 0.25) is 5.76 Å². The molecule has 0 bridgehead atoms. The van der Waals surface area contributed by atoms with Crippen LogP contribution in [-0.2, 0) is 0 Å². The van der Waals surface area contributed by atoms with E-state index in [0.717, 1.165) is 18.7 Å². The van der Waals surface area contributed by atoms with Gasteiger partial charge in [-0.05, 0) is 44.4 Å². The molecule has 110 valence electrons. The molecular formula is C16H24N2O2. The zero-order valence-corrected chi connectivity index (χ0v) is 12.7. The molecule has 0 spiro atoms. The second-order valence-electron chi connectivity index (χ2n) is 6.45. The normalized spacial score (nSPS) is 30.1. The van der Waals surface area contributed by atoms with Crippen LogP contribution < -0.4 is 0 Å². The Labute approximate surface area is 120 Å². The van der Waals surface area contributed by atoms with Crippen molar-refractivity contribution in [2.24, 2.45) is 11.8 Å². The number of hydrogen-bond acceptors (Lipinski definition) is 3. The number of rotatable bonds is 1. The van der Waals surface area contributed by atoms with Gasteiger partial charge in [-0.1, -0.05) is 13.3 Å². The second kappa shape index (κ2) is 5.23. The van der Waals surface area contributed by atoms with Crippen molar-refractivity contribution in [2.75, 3.05) is 6.54 Å². The average molecular weight is 276 g/mol. The number of amides is 1. The number of carbonyl (C=O) groups excluding carboxylic acids is 1. The Morgan fingerprint density at radius 2 is 2.00 bits per heavy atom. The molecule has 2 heterocycles. The van der Waals surface area contributed by atoms with Crippen LogP contribution in [0.25, 0.3) is 0 Å². The molecule has 1 amide bonds. The first-order valence-corrected chi connectivity index (χ1v) is 7.83. The van der Waals surface area contributed by atoms with Gasteiger partial charge in [-0.25, -0.2) is 4.98 Å². The van der Waals surface area contributed by atoms with Gasteiger partial charge in [0.05, 0.1) is 5.69 Å². The van der Waals surface area contributed by atoms with Crippen LogP contribution in [0.15, 0.2) is 4.42 Å². The molecule has 3 rings (SSSR count). The van der Waals surface area contributed by atoms with Crippen molar-refractivity contribution >= 4 is 5.91 Å². The molecule has 1 saturated carbocycles. The first-order chi connectivity index (χ1) is 9.58. The van der Waals surface area contributed by atoms with Crippen LogP contribution in [-0.4, -0.2) is 28.4 Å². The lowest BCUT2D eigenvalue weighted by atomic mass is 9.73. The lowest BCUT2D eigenvalue weighted by Gasteiger charge is -2.47. The summed E-state index contributed by atoms with van der Waals surface area (Å²) in [7, 11) is 0. The molecule has 1 aromatic rings. The molecule has 3 unspecified atom stereocenters. The first kappa shape index (κ1) is 13.7. The molecule has 2 aliphatic rings. The van der Waals surface area contributed by atoms with Crippen molar-refractivity contribution < 1.29 is 9.21 Å². The van der Waals surface area contributed by atoms with E-state index in [0.29, 0.717) is 29.5 Å². The summed E-state index contributed by atoms with van der Waals surface area (Å²) in [6.45, 7) is 6.81. The number of likely N-dealkylation sites (tertiary alicyclic amines) is 1. The zero-order valence-electron chi connectivity index (χ0n) is 12.7. The molecule has 1 aliphatic heterocycles. The van der Waals surface area contributed by atoms with Gasteiger partial charge in [-0.3, -0.25) is 4.79 Å². The number of oxazole rings is 1. The van der Waals surface area contributed by atoms with E-state index in [-0.39, 0.29) is 5.91 Å². The molecular weight excluding hydrogens is 252 g/mol. The monoisotopic (exact) mass is 276 g/mol. The fourth-order valence-corrected chi connectivity index (χ4v) is 4.15. The quantitative estimate of drug-likeness (QED) is 0.790. The van der Waals surface area contributed by atoms with Gasteiger partial charge in [0.25, 0.3) is 5.91 Å². The number of aryl methyl sites for hydroxylation is 2. The Hall–Kier alpha value is -1.32. The van der Waals surface area contributed by atoms with Crippen LogP contribution in [0.1, 0.15) is 61.2 Å². The first-order valence-electron chi connectivity index (χ1n) is 7.83. The predicted molar refractivity (Wildman–Crippen MR) is 76.5 cm³/mol. The van der Waals surface area contributed by atoms with E-state index < -0.39 is 0 Å². The summed E-state index contributed by atoms with van der Waals surface area (Å²) in [5, 5.41) is 0. The highest BCUT2D eigenvalue weighted by Crippen LogP contribution is 2.39. The number of aromatic nitrogens is 1. The molecule has 1 aromatic heterocycles. The molecule has 2 fully saturated rings. The standard InChI is InChI=1S/C16H24N2O2/c1-10-6-4-7-13-8-5-9-18(14(10)13)16(19)15-11(2)17-12(3)20-15/h10,13-14H,4-9H2,1-3H3. The Morgan fingerprint density at radius 3 is 2.70 bits per heavy atom. The highest BCUT2D eigenvalue weighted by Gasteiger charge is 2.41. The third kappa shape index (κ3) is 2.25. The van der Waals surface area contributed by atoms with Crippen molar-refractivity contribution in [3.8, 4) is 0 Å². The van der Waals surface area contributed by atoms with Crippen LogP contribution in [0.5, 0.6) is 0 Å². The molecule has 4 heteroatoms. The predicted octanol–water partition coefficient (Wildman–Crippen LogP) is 3.33. The summed E-state index contributed by atoms with van der Waals surface area (Å²) in [6.07, 6.45) is 6.20. The SMILES string of the molecule is Cc1nc(C)c(C(=O)N2CCCC3CCCC(C)C32)o1. The molecule has 1 saturated heterocycles. The van der Waals surface area contributed by atoms with Crippen LogP contribution in [0.4, 0.5) is 0 Å². The number of fused-ring (bicyclic) bond motifs is 1. The number of carbonyl (C=O) groups is 1. The van der Waals surface area contributed by atoms with Crippen molar-refractivity contribution in [2.45, 2.75) is 58.9 Å². The van der Waals surface area contributed by atoms with Gasteiger partial charge < -0.3 is 9.32 Å². The van der Waals surface area contributed by atoms with Crippen LogP contribution in [0.3, 0.4) is 0 Å². The number of hydrogen-bond donors (Lipinski definition) is 0. The van der Waals surface area contributed by atoms with Gasteiger partial charge in [0.15, 0.2) is 5.89 Å². The highest BCUT2D eigenvalue weighted by molar-refractivity contribution is 5.92. The van der Waals surface area contributed by atoms with Crippen molar-refractivity contribution in [3.63, 3.8) is 0 Å². The highest BCUT2D eigenvalue weighted by atomic mass is 16.4. The Kier molecular flexibility index (Phi) is 3.57. The summed E-state index contributed by atoms with van der Waals surface area (Å²) >= 11 is 0. The summed E-state index contributed by atoms with van der Waals surface area (Å²) < 4.78 is 5.54. The van der Waals surface area contributed by atoms with E-state index in [4.69, 9.17) is 4.42 Å². The minimum absolute atomic E-state index is 0.0477. The van der Waals surface area contributed by atoms with E-state index in [1.165, 1.54) is 25.7 Å². The second-order valence-corrected chi connectivity index (χ2v) is 6.45. The average Bonchev–Trinajstić information content (AvgIpc) is 2.77. The van der Waals surface area contributed by atoms with Crippen molar-refractivity contribution in [1.82, 2.24) is 9.88 Å². The Bertz CT molecular complexity index is 507. The smallest absolute Gasteiger partial charge is 0.291 e. The minimum atomic E-state index is 0.0477. The number of nitrogens with zero attached hydrogens (tertiary/aromatic N) is 2. The maximum Gasteiger partial charge on any atom is 0.291 e. The van der Waals surface area contributed by atoms with Crippen molar-refractivity contribution in [3.05, 3.63) is 17.3 Å². The third-order valence-electron chi connectivity index (χ3n) is 4.99. The van der Waals surface area contributed by atoms with Crippen molar-refractivity contribution in [1.29, 1.82) is 0 Å². The summed E-state index contributed by atoms with van der Waals surface area (Å²) in [5.41, 5.74) is 0.720. The topological polar surface area (TPSA) is 46.3 Å². The summed E-state index contributed by atoms with van der Waals surface area (Å²) in [4.78, 5) is 19.1. The zero-order chi connectivity index (χ0) is 14.3. The fourth-order valence-electron chi connectivity index (χ4n) is 4.15. The molecule has 4 nitrogen and oxygen atoms in total. The van der Waals surface area contributed by atoms with Gasteiger partial charge in [0.1, 0.15) is 0 Å². The molecule has 0 radical (unpaired) electrons. The van der Waals surface area contributed by atoms with Gasteiger partial charge >= 0.3 is 0 Å². The molecule has 0 N–H and O–H groups in total. The van der Waals surface area contributed by atoms with E-state index in [2.05, 4.69) is 16.8 Å². The van der Waals surface area contributed by atoms with E-state index >= 15 is 0 Å². The summed E-state index contributed by atoms with van der Waals surface area (Å²) in [5.74, 6) is 2.35.